The summed E-state index contributed by atoms with van der Waals surface area (Å²) in [6.45, 7) is 4.04. The maximum absolute atomic E-state index is 4.00. The van der Waals surface area contributed by atoms with Crippen molar-refractivity contribution in [2.24, 2.45) is 5.10 Å². The van der Waals surface area contributed by atoms with E-state index in [0.717, 1.165) is 0 Å². The quantitative estimate of drug-likeness (QED) is 0.387. The van der Waals surface area contributed by atoms with E-state index in [-0.39, 0.29) is 0 Å². The first-order valence-electron chi connectivity index (χ1n) is 2.64. The van der Waals surface area contributed by atoms with Crippen LogP contribution in [-0.2, 0) is 0 Å². The van der Waals surface area contributed by atoms with Gasteiger partial charge in [0.2, 0.25) is 0 Å². The van der Waals surface area contributed by atoms with Gasteiger partial charge >= 0.3 is 0 Å². The van der Waals surface area contributed by atoms with Gasteiger partial charge in [-0.3, -0.25) is 0 Å². The molecule has 0 rings (SSSR count). The first-order chi connectivity index (χ1) is 3.63. The van der Waals surface area contributed by atoms with Crippen LogP contribution in [0.5, 0.6) is 0 Å². The zero-order valence-electron chi connectivity index (χ0n) is 5.97. The predicted octanol–water partition coefficient (Wildman–Crippen LogP) is 1.15. The molecule has 0 saturated heterocycles. The lowest BCUT2D eigenvalue weighted by Gasteiger charge is -2.02. The SMILES string of the molecule is C[C](C)/C=N/N(C)C. The highest BCUT2D eigenvalue weighted by molar-refractivity contribution is 5.72. The molecule has 8 heavy (non-hydrogen) atoms. The summed E-state index contributed by atoms with van der Waals surface area (Å²) in [5.74, 6) is 1.22. The summed E-state index contributed by atoms with van der Waals surface area (Å²) < 4.78 is 0. The van der Waals surface area contributed by atoms with Crippen LogP contribution in [0.4, 0.5) is 0 Å². The van der Waals surface area contributed by atoms with Gasteiger partial charge in [-0.05, 0) is 0 Å². The van der Waals surface area contributed by atoms with Crippen molar-refractivity contribution in [3.05, 3.63) is 5.92 Å². The molecule has 0 N–H and O–H groups in total. The summed E-state index contributed by atoms with van der Waals surface area (Å²) in [6.07, 6.45) is 1.83. The molecule has 0 aliphatic rings. The van der Waals surface area contributed by atoms with Crippen molar-refractivity contribution in [3.8, 4) is 0 Å². The summed E-state index contributed by atoms with van der Waals surface area (Å²) >= 11 is 0. The molecule has 1 radical (unpaired) electrons. The smallest absolute Gasteiger partial charge is 0.0310 e. The summed E-state index contributed by atoms with van der Waals surface area (Å²) in [4.78, 5) is 0. The van der Waals surface area contributed by atoms with Crippen LogP contribution in [0.2, 0.25) is 0 Å². The van der Waals surface area contributed by atoms with Crippen molar-refractivity contribution in [3.63, 3.8) is 0 Å². The molecule has 0 aliphatic carbocycles. The van der Waals surface area contributed by atoms with Crippen molar-refractivity contribution >= 4 is 6.21 Å². The van der Waals surface area contributed by atoms with E-state index in [1.54, 1.807) is 5.01 Å². The Balaban J connectivity index is 3.34. The van der Waals surface area contributed by atoms with E-state index in [1.165, 1.54) is 5.92 Å². The van der Waals surface area contributed by atoms with Gasteiger partial charge < -0.3 is 5.01 Å². The molecule has 0 aliphatic heterocycles. The van der Waals surface area contributed by atoms with Crippen molar-refractivity contribution in [2.75, 3.05) is 14.1 Å². The highest BCUT2D eigenvalue weighted by Crippen LogP contribution is 1.88. The molecule has 2 nitrogen and oxygen atoms in total. The van der Waals surface area contributed by atoms with E-state index in [2.05, 4.69) is 5.10 Å². The Hall–Kier alpha value is -0.530. The molecular weight excluding hydrogens is 100 g/mol. The minimum atomic E-state index is 1.22. The minimum absolute atomic E-state index is 1.22. The van der Waals surface area contributed by atoms with Crippen LogP contribution < -0.4 is 0 Å². The topological polar surface area (TPSA) is 15.6 Å². The van der Waals surface area contributed by atoms with Gasteiger partial charge in [-0.2, -0.15) is 5.10 Å². The second-order valence-electron chi connectivity index (χ2n) is 2.17. The van der Waals surface area contributed by atoms with Gasteiger partial charge in [0, 0.05) is 26.2 Å². The van der Waals surface area contributed by atoms with Crippen LogP contribution in [0.25, 0.3) is 0 Å². The third-order valence-corrected chi connectivity index (χ3v) is 0.547. The Morgan fingerprint density at radius 2 is 1.88 bits per heavy atom. The van der Waals surface area contributed by atoms with Gasteiger partial charge in [-0.15, -0.1) is 0 Å². The average molecular weight is 113 g/mol. The van der Waals surface area contributed by atoms with Crippen LogP contribution in [0.15, 0.2) is 5.10 Å². The maximum Gasteiger partial charge on any atom is 0.0310 e. The molecule has 0 saturated carbocycles. The lowest BCUT2D eigenvalue weighted by molar-refractivity contribution is 0.439. The number of rotatable bonds is 2. The molecule has 47 valence electrons. The van der Waals surface area contributed by atoms with E-state index in [1.807, 2.05) is 34.2 Å². The zero-order chi connectivity index (χ0) is 6.57. The lowest BCUT2D eigenvalue weighted by atomic mass is 10.3. The number of hydrogen-bond acceptors (Lipinski definition) is 2. The third kappa shape index (κ3) is 5.47. The Morgan fingerprint density at radius 3 is 2.00 bits per heavy atom. The molecule has 0 fully saturated rings. The zero-order valence-corrected chi connectivity index (χ0v) is 5.97. The van der Waals surface area contributed by atoms with Gasteiger partial charge in [-0.1, -0.05) is 13.8 Å². The molecule has 0 heterocycles. The Labute approximate surface area is 51.2 Å². The Kier molecular flexibility index (Phi) is 3.24. The minimum Gasteiger partial charge on any atom is -0.303 e. The Bertz CT molecular complexity index is 64.6. The van der Waals surface area contributed by atoms with Gasteiger partial charge in [0.25, 0.3) is 0 Å². The molecule has 0 bridgehead atoms. The number of hydrazone groups is 1. The van der Waals surface area contributed by atoms with Crippen LogP contribution in [-0.4, -0.2) is 25.3 Å². The van der Waals surface area contributed by atoms with Crippen LogP contribution in [0.1, 0.15) is 13.8 Å². The molecule has 0 aromatic rings. The fourth-order valence-corrected chi connectivity index (χ4v) is 0.231. The second-order valence-corrected chi connectivity index (χ2v) is 2.17. The van der Waals surface area contributed by atoms with Crippen LogP contribution >= 0.6 is 0 Å². The highest BCUT2D eigenvalue weighted by Gasteiger charge is 1.83. The summed E-state index contributed by atoms with van der Waals surface area (Å²) in [6, 6.07) is 0. The molecule has 0 aromatic heterocycles. The van der Waals surface area contributed by atoms with E-state index in [0.29, 0.717) is 0 Å². The van der Waals surface area contributed by atoms with E-state index < -0.39 is 0 Å². The molecule has 0 spiro atoms. The van der Waals surface area contributed by atoms with Crippen molar-refractivity contribution in [1.82, 2.24) is 5.01 Å². The maximum atomic E-state index is 4.00. The predicted molar refractivity (Wildman–Crippen MR) is 36.8 cm³/mol. The lowest BCUT2D eigenvalue weighted by Crippen LogP contribution is -2.02. The summed E-state index contributed by atoms with van der Waals surface area (Å²) in [7, 11) is 3.80. The molecular formula is C6H13N2. The van der Waals surface area contributed by atoms with Crippen molar-refractivity contribution in [2.45, 2.75) is 13.8 Å². The first-order valence-corrected chi connectivity index (χ1v) is 2.64. The van der Waals surface area contributed by atoms with E-state index in [4.69, 9.17) is 0 Å². The molecule has 0 amide bonds. The second kappa shape index (κ2) is 3.47. The number of hydrogen-bond donors (Lipinski definition) is 0. The molecule has 0 aromatic carbocycles. The molecule has 0 atom stereocenters. The van der Waals surface area contributed by atoms with Crippen molar-refractivity contribution < 1.29 is 0 Å². The first kappa shape index (κ1) is 7.47. The monoisotopic (exact) mass is 113 g/mol. The fourth-order valence-electron chi connectivity index (χ4n) is 0.231. The number of nitrogens with zero attached hydrogens (tertiary/aromatic N) is 2. The molecule has 0 unspecified atom stereocenters. The van der Waals surface area contributed by atoms with Crippen LogP contribution in [0.3, 0.4) is 0 Å². The van der Waals surface area contributed by atoms with E-state index in [9.17, 15) is 0 Å². The normalized spacial score (nSPS) is 11.1. The largest absolute Gasteiger partial charge is 0.303 e. The van der Waals surface area contributed by atoms with Gasteiger partial charge in [-0.25, -0.2) is 0 Å². The standard InChI is InChI=1S/C6H13N2/c1-6(2)5-7-8(3)4/h5H,1-4H3/b7-5+. The summed E-state index contributed by atoms with van der Waals surface area (Å²) in [5.41, 5.74) is 0. The Morgan fingerprint density at radius 1 is 1.38 bits per heavy atom. The molecule has 2 heteroatoms. The fraction of sp³-hybridized carbons (Fsp3) is 0.667. The third-order valence-electron chi connectivity index (χ3n) is 0.547. The van der Waals surface area contributed by atoms with Gasteiger partial charge in [0.05, 0.1) is 0 Å². The van der Waals surface area contributed by atoms with Crippen molar-refractivity contribution in [1.29, 1.82) is 0 Å². The van der Waals surface area contributed by atoms with Gasteiger partial charge in [0.15, 0.2) is 0 Å². The van der Waals surface area contributed by atoms with Gasteiger partial charge in [0.1, 0.15) is 0 Å². The van der Waals surface area contributed by atoms with E-state index >= 15 is 0 Å². The average Bonchev–Trinajstić information content (AvgIpc) is 1.61. The highest BCUT2D eigenvalue weighted by atomic mass is 15.4. The van der Waals surface area contributed by atoms with Crippen LogP contribution in [0, 0.1) is 5.92 Å². The summed E-state index contributed by atoms with van der Waals surface area (Å²) in [5, 5.41) is 5.77.